The smallest absolute Gasteiger partial charge is 0.274 e. The molecule has 0 spiro atoms. The standard InChI is InChI=1S/C22H23N3O3/c1-4-15-5-7-16(8-6-15)24-17-9-11-20(23-14-17)22(26)25-19-12-10-18(27-2)13-21(19)28-3/h5-14,24H,4H2,1-3H3,(H,25,26). The molecule has 3 aromatic rings. The predicted octanol–water partition coefficient (Wildman–Crippen LogP) is 4.66. The molecule has 1 amide bonds. The minimum Gasteiger partial charge on any atom is -0.497 e. The summed E-state index contributed by atoms with van der Waals surface area (Å²) in [6.45, 7) is 2.12. The summed E-state index contributed by atoms with van der Waals surface area (Å²) in [5.74, 6) is 0.846. The molecule has 2 aromatic carbocycles. The van der Waals surface area contributed by atoms with Gasteiger partial charge in [-0.25, -0.2) is 4.98 Å². The van der Waals surface area contributed by atoms with Crippen molar-refractivity contribution < 1.29 is 14.3 Å². The average molecular weight is 377 g/mol. The second-order valence-electron chi connectivity index (χ2n) is 6.13. The van der Waals surface area contributed by atoms with Gasteiger partial charge in [0.15, 0.2) is 0 Å². The Labute approximate surface area is 164 Å². The van der Waals surface area contributed by atoms with Crippen molar-refractivity contribution in [2.24, 2.45) is 0 Å². The van der Waals surface area contributed by atoms with Crippen LogP contribution in [0.2, 0.25) is 0 Å². The maximum absolute atomic E-state index is 12.5. The number of ether oxygens (including phenoxy) is 2. The quantitative estimate of drug-likeness (QED) is 0.627. The maximum atomic E-state index is 12.5. The molecule has 0 saturated heterocycles. The molecule has 144 valence electrons. The van der Waals surface area contributed by atoms with Crippen LogP contribution in [0.25, 0.3) is 0 Å². The molecule has 1 aromatic heterocycles. The van der Waals surface area contributed by atoms with Gasteiger partial charge >= 0.3 is 0 Å². The number of aromatic nitrogens is 1. The van der Waals surface area contributed by atoms with Gasteiger partial charge in [0.25, 0.3) is 5.91 Å². The summed E-state index contributed by atoms with van der Waals surface area (Å²) >= 11 is 0. The van der Waals surface area contributed by atoms with E-state index in [1.54, 1.807) is 37.6 Å². The van der Waals surface area contributed by atoms with E-state index in [0.717, 1.165) is 17.8 Å². The zero-order valence-corrected chi connectivity index (χ0v) is 16.2. The minimum absolute atomic E-state index is 0.310. The maximum Gasteiger partial charge on any atom is 0.274 e. The number of aryl methyl sites for hydroxylation is 1. The Hall–Kier alpha value is -3.54. The molecule has 2 N–H and O–H groups in total. The first-order valence-corrected chi connectivity index (χ1v) is 8.98. The highest BCUT2D eigenvalue weighted by Gasteiger charge is 2.12. The molecule has 0 bridgehead atoms. The topological polar surface area (TPSA) is 72.5 Å². The largest absolute Gasteiger partial charge is 0.497 e. The second-order valence-corrected chi connectivity index (χ2v) is 6.13. The van der Waals surface area contributed by atoms with E-state index in [-0.39, 0.29) is 5.91 Å². The molecule has 28 heavy (non-hydrogen) atoms. The molecule has 6 heteroatoms. The number of anilines is 3. The van der Waals surface area contributed by atoms with Gasteiger partial charge in [-0.05, 0) is 48.4 Å². The van der Waals surface area contributed by atoms with Crippen LogP contribution in [0.3, 0.4) is 0 Å². The van der Waals surface area contributed by atoms with Gasteiger partial charge in [0.2, 0.25) is 0 Å². The molecule has 0 radical (unpaired) electrons. The van der Waals surface area contributed by atoms with Gasteiger partial charge < -0.3 is 20.1 Å². The Morgan fingerprint density at radius 1 is 0.964 bits per heavy atom. The Morgan fingerprint density at radius 2 is 1.71 bits per heavy atom. The molecule has 0 aliphatic carbocycles. The molecule has 0 fully saturated rings. The van der Waals surface area contributed by atoms with Gasteiger partial charge in [-0.3, -0.25) is 4.79 Å². The summed E-state index contributed by atoms with van der Waals surface area (Å²) in [6, 6.07) is 16.9. The molecule has 0 saturated carbocycles. The van der Waals surface area contributed by atoms with Crippen LogP contribution in [0.15, 0.2) is 60.8 Å². The first kappa shape index (κ1) is 19.2. The van der Waals surface area contributed by atoms with E-state index < -0.39 is 0 Å². The van der Waals surface area contributed by atoms with Crippen LogP contribution < -0.4 is 20.1 Å². The summed E-state index contributed by atoms with van der Waals surface area (Å²) in [6.07, 6.45) is 2.64. The molecule has 0 atom stereocenters. The van der Waals surface area contributed by atoms with Gasteiger partial charge in [-0.1, -0.05) is 19.1 Å². The molecule has 0 aliphatic heterocycles. The first-order valence-electron chi connectivity index (χ1n) is 8.98. The number of nitrogens with zero attached hydrogens (tertiary/aromatic N) is 1. The first-order chi connectivity index (χ1) is 13.6. The number of amides is 1. The summed E-state index contributed by atoms with van der Waals surface area (Å²) < 4.78 is 10.5. The fourth-order valence-electron chi connectivity index (χ4n) is 2.68. The highest BCUT2D eigenvalue weighted by atomic mass is 16.5. The molecule has 3 rings (SSSR count). The number of hydrogen-bond acceptors (Lipinski definition) is 5. The third-order valence-corrected chi connectivity index (χ3v) is 4.30. The van der Waals surface area contributed by atoms with Crippen LogP contribution in [0, 0.1) is 0 Å². The van der Waals surface area contributed by atoms with Crippen LogP contribution in [-0.4, -0.2) is 25.1 Å². The molecular formula is C22H23N3O3. The Morgan fingerprint density at radius 3 is 2.32 bits per heavy atom. The third-order valence-electron chi connectivity index (χ3n) is 4.30. The van der Waals surface area contributed by atoms with Gasteiger partial charge in [-0.2, -0.15) is 0 Å². The predicted molar refractivity (Wildman–Crippen MR) is 111 cm³/mol. The highest BCUT2D eigenvalue weighted by molar-refractivity contribution is 6.03. The van der Waals surface area contributed by atoms with Crippen LogP contribution in [-0.2, 0) is 6.42 Å². The van der Waals surface area contributed by atoms with E-state index in [9.17, 15) is 4.79 Å². The van der Waals surface area contributed by atoms with Gasteiger partial charge in [0.1, 0.15) is 17.2 Å². The van der Waals surface area contributed by atoms with Crippen LogP contribution in [0.4, 0.5) is 17.1 Å². The lowest BCUT2D eigenvalue weighted by Gasteiger charge is -2.12. The number of carbonyl (C=O) groups excluding carboxylic acids is 1. The van der Waals surface area contributed by atoms with Crippen molar-refractivity contribution in [2.45, 2.75) is 13.3 Å². The fraction of sp³-hybridized carbons (Fsp3) is 0.182. The number of benzene rings is 2. The Bertz CT molecular complexity index is 938. The van der Waals surface area contributed by atoms with Crippen molar-refractivity contribution in [1.82, 2.24) is 4.98 Å². The summed E-state index contributed by atoms with van der Waals surface area (Å²) in [5.41, 5.74) is 3.92. The summed E-state index contributed by atoms with van der Waals surface area (Å²) in [5, 5.41) is 6.08. The van der Waals surface area contributed by atoms with Crippen molar-refractivity contribution in [2.75, 3.05) is 24.9 Å². The zero-order valence-electron chi connectivity index (χ0n) is 16.2. The zero-order chi connectivity index (χ0) is 19.9. The summed E-state index contributed by atoms with van der Waals surface area (Å²) in [7, 11) is 3.11. The Balaban J connectivity index is 1.68. The van der Waals surface area contributed by atoms with Gasteiger partial charge in [0, 0.05) is 11.8 Å². The van der Waals surface area contributed by atoms with Crippen molar-refractivity contribution in [1.29, 1.82) is 0 Å². The SMILES string of the molecule is CCc1ccc(Nc2ccc(C(=O)Nc3ccc(OC)cc3OC)nc2)cc1. The van der Waals surface area contributed by atoms with Crippen molar-refractivity contribution in [3.8, 4) is 11.5 Å². The van der Waals surface area contributed by atoms with Crippen LogP contribution in [0.5, 0.6) is 11.5 Å². The van der Waals surface area contributed by atoms with Gasteiger partial charge in [-0.15, -0.1) is 0 Å². The molecule has 0 aliphatic rings. The Kier molecular flexibility index (Phi) is 6.11. The van der Waals surface area contributed by atoms with E-state index in [0.29, 0.717) is 22.9 Å². The monoisotopic (exact) mass is 377 g/mol. The van der Waals surface area contributed by atoms with E-state index in [4.69, 9.17) is 9.47 Å². The highest BCUT2D eigenvalue weighted by Crippen LogP contribution is 2.29. The lowest BCUT2D eigenvalue weighted by Crippen LogP contribution is -2.14. The molecule has 1 heterocycles. The average Bonchev–Trinajstić information content (AvgIpc) is 2.75. The summed E-state index contributed by atoms with van der Waals surface area (Å²) in [4.78, 5) is 16.7. The fourth-order valence-corrected chi connectivity index (χ4v) is 2.68. The van der Waals surface area contributed by atoms with E-state index in [1.807, 2.05) is 18.2 Å². The van der Waals surface area contributed by atoms with Crippen molar-refractivity contribution in [3.05, 3.63) is 72.1 Å². The minimum atomic E-state index is -0.317. The van der Waals surface area contributed by atoms with Crippen LogP contribution >= 0.6 is 0 Å². The lowest BCUT2D eigenvalue weighted by molar-refractivity contribution is 0.102. The van der Waals surface area contributed by atoms with Crippen molar-refractivity contribution >= 4 is 23.0 Å². The number of pyridine rings is 1. The third kappa shape index (κ3) is 4.59. The van der Waals surface area contributed by atoms with E-state index in [2.05, 4.69) is 34.7 Å². The number of hydrogen-bond donors (Lipinski definition) is 2. The number of methoxy groups -OCH3 is 2. The van der Waals surface area contributed by atoms with E-state index in [1.165, 1.54) is 12.7 Å². The number of nitrogens with one attached hydrogen (secondary N) is 2. The van der Waals surface area contributed by atoms with E-state index >= 15 is 0 Å². The van der Waals surface area contributed by atoms with Crippen LogP contribution in [0.1, 0.15) is 23.0 Å². The lowest BCUT2D eigenvalue weighted by atomic mass is 10.1. The molecular weight excluding hydrogens is 354 g/mol. The number of carbonyl (C=O) groups is 1. The molecule has 6 nitrogen and oxygen atoms in total. The van der Waals surface area contributed by atoms with Crippen molar-refractivity contribution in [3.63, 3.8) is 0 Å². The normalized spacial score (nSPS) is 10.2. The second kappa shape index (κ2) is 8.90. The molecule has 0 unspecified atom stereocenters. The number of rotatable bonds is 7. The van der Waals surface area contributed by atoms with Gasteiger partial charge in [0.05, 0.1) is 31.8 Å².